The molecule has 1 aliphatic rings. The summed E-state index contributed by atoms with van der Waals surface area (Å²) in [5, 5.41) is 76.7. The number of aliphatic hydroxyl groups excluding tert-OH is 5. The third-order valence-corrected chi connectivity index (χ3v) is 8.24. The van der Waals surface area contributed by atoms with Gasteiger partial charge < -0.3 is 54.7 Å². The minimum atomic E-state index is -1.74. The molecule has 0 bridgehead atoms. The predicted molar refractivity (Wildman–Crippen MR) is 182 cm³/mol. The lowest BCUT2D eigenvalue weighted by molar-refractivity contribution is -0.322. The van der Waals surface area contributed by atoms with Crippen molar-refractivity contribution in [2.45, 2.75) is 56.1 Å². The number of aromatic hydroxyl groups is 2. The standard InChI is InChI=1S/C36H40N2O12/c1-20(41)47-35-33(45)31(19-40)50-36(34(35)46)49-29(16-37-14-25-23-8-4-2-6-21(23)10-12-27(25)42)30(18-39)48-32(44)17-38-15-26-24-9-5-3-7-22(24)11-13-28(26)43/h2-15,29-36,39-40,42-46H,16-19H2,1H3/t29-,30-,31+,32-,33+,34+,35-,36+/m1/s1. The number of rotatable bonds is 14. The van der Waals surface area contributed by atoms with Crippen molar-refractivity contribution in [3.05, 3.63) is 83.9 Å². The monoisotopic (exact) mass is 692 g/mol. The number of phenols is 2. The predicted octanol–water partition coefficient (Wildman–Crippen LogP) is 1.39. The van der Waals surface area contributed by atoms with Crippen LogP contribution in [0.1, 0.15) is 18.1 Å². The van der Waals surface area contributed by atoms with Crippen LogP contribution in [0, 0.1) is 0 Å². The van der Waals surface area contributed by atoms with E-state index >= 15 is 0 Å². The van der Waals surface area contributed by atoms with Crippen LogP contribution in [0.5, 0.6) is 11.5 Å². The van der Waals surface area contributed by atoms with Crippen molar-refractivity contribution in [1.82, 2.24) is 0 Å². The fourth-order valence-electron chi connectivity index (χ4n) is 5.73. The molecule has 50 heavy (non-hydrogen) atoms. The van der Waals surface area contributed by atoms with Crippen molar-refractivity contribution in [2.24, 2.45) is 9.98 Å². The molecule has 0 spiro atoms. The minimum absolute atomic E-state index is 0.0101. The van der Waals surface area contributed by atoms with Crippen molar-refractivity contribution in [3.8, 4) is 11.5 Å². The van der Waals surface area contributed by atoms with Crippen LogP contribution < -0.4 is 0 Å². The third kappa shape index (κ3) is 8.61. The molecule has 14 heteroatoms. The number of ether oxygens (including phenoxy) is 4. The molecule has 0 aliphatic carbocycles. The van der Waals surface area contributed by atoms with Gasteiger partial charge in [-0.3, -0.25) is 14.8 Å². The first-order valence-corrected chi connectivity index (χ1v) is 15.9. The van der Waals surface area contributed by atoms with E-state index in [0.29, 0.717) is 16.5 Å². The number of carbonyl (C=O) groups is 1. The van der Waals surface area contributed by atoms with Crippen LogP contribution in [0.3, 0.4) is 0 Å². The number of hydrogen-bond acceptors (Lipinski definition) is 14. The van der Waals surface area contributed by atoms with E-state index in [1.165, 1.54) is 24.6 Å². The zero-order valence-electron chi connectivity index (χ0n) is 27.1. The van der Waals surface area contributed by atoms with E-state index in [2.05, 4.69) is 9.98 Å². The van der Waals surface area contributed by atoms with Crippen LogP contribution in [-0.2, 0) is 23.7 Å². The highest BCUT2D eigenvalue weighted by atomic mass is 16.7. The van der Waals surface area contributed by atoms with Crippen LogP contribution in [-0.4, -0.2) is 130 Å². The summed E-state index contributed by atoms with van der Waals surface area (Å²) in [7, 11) is 0. The molecule has 0 amide bonds. The summed E-state index contributed by atoms with van der Waals surface area (Å²) in [6, 6.07) is 21.3. The highest BCUT2D eigenvalue weighted by Crippen LogP contribution is 2.29. The van der Waals surface area contributed by atoms with Crippen LogP contribution in [0.15, 0.2) is 82.8 Å². The number of benzene rings is 4. The highest BCUT2D eigenvalue weighted by molar-refractivity contribution is 6.03. The molecule has 4 aromatic carbocycles. The Kier molecular flexibility index (Phi) is 12.5. The molecule has 5 rings (SSSR count). The van der Waals surface area contributed by atoms with Gasteiger partial charge in [0, 0.05) is 30.5 Å². The second kappa shape index (κ2) is 16.9. The van der Waals surface area contributed by atoms with Crippen molar-refractivity contribution < 1.29 is 59.5 Å². The quantitative estimate of drug-likeness (QED) is 0.0567. The molecule has 1 heterocycles. The van der Waals surface area contributed by atoms with Gasteiger partial charge in [0.15, 0.2) is 18.7 Å². The zero-order chi connectivity index (χ0) is 35.8. The molecule has 14 nitrogen and oxygen atoms in total. The van der Waals surface area contributed by atoms with E-state index in [0.717, 1.165) is 23.1 Å². The van der Waals surface area contributed by atoms with Gasteiger partial charge in [-0.1, -0.05) is 60.7 Å². The van der Waals surface area contributed by atoms with Crippen molar-refractivity contribution >= 4 is 39.9 Å². The Labute approximate surface area is 287 Å². The Morgan fingerprint density at radius 3 is 1.92 bits per heavy atom. The van der Waals surface area contributed by atoms with Gasteiger partial charge in [-0.2, -0.15) is 0 Å². The summed E-state index contributed by atoms with van der Waals surface area (Å²) < 4.78 is 22.4. The maximum atomic E-state index is 11.7. The lowest BCUT2D eigenvalue weighted by Crippen LogP contribution is -2.61. The number of phenolic OH excluding ortho intramolecular Hbond substituents is 2. The molecule has 0 aromatic heterocycles. The van der Waals surface area contributed by atoms with E-state index in [1.807, 2.05) is 36.4 Å². The molecule has 0 unspecified atom stereocenters. The van der Waals surface area contributed by atoms with Gasteiger partial charge in [-0.05, 0) is 33.7 Å². The van der Waals surface area contributed by atoms with E-state index < -0.39 is 68.4 Å². The molecule has 0 saturated carbocycles. The fourth-order valence-corrected chi connectivity index (χ4v) is 5.73. The van der Waals surface area contributed by atoms with Crippen molar-refractivity contribution in [2.75, 3.05) is 26.3 Å². The second-order valence-electron chi connectivity index (χ2n) is 11.7. The lowest BCUT2D eigenvalue weighted by Gasteiger charge is -2.42. The van der Waals surface area contributed by atoms with Gasteiger partial charge in [-0.25, -0.2) is 0 Å². The van der Waals surface area contributed by atoms with E-state index in [9.17, 15) is 40.5 Å². The minimum Gasteiger partial charge on any atom is -0.507 e. The summed E-state index contributed by atoms with van der Waals surface area (Å²) in [6.07, 6.45) is -9.16. The topological polar surface area (TPSA) is 220 Å². The Morgan fingerprint density at radius 1 is 0.820 bits per heavy atom. The van der Waals surface area contributed by atoms with Gasteiger partial charge in [0.2, 0.25) is 0 Å². The van der Waals surface area contributed by atoms with Crippen LogP contribution in [0.4, 0.5) is 0 Å². The molecular formula is C36H40N2O12. The van der Waals surface area contributed by atoms with Gasteiger partial charge in [0.25, 0.3) is 0 Å². The summed E-state index contributed by atoms with van der Waals surface area (Å²) in [5.74, 6) is -0.858. The van der Waals surface area contributed by atoms with E-state index in [4.69, 9.17) is 18.9 Å². The Balaban J connectivity index is 1.37. The number of nitrogens with zero attached hydrogens (tertiary/aromatic N) is 2. The number of fused-ring (bicyclic) bond motifs is 2. The van der Waals surface area contributed by atoms with Crippen LogP contribution in [0.2, 0.25) is 0 Å². The molecule has 0 radical (unpaired) electrons. The SMILES string of the molecule is CC(=O)O[C@H]1[C@H](O)[C@@H](O[C@H](CN=Cc2c(O)ccc3ccccc23)[C@@H](CO)O[C@@H](O)CN=Cc2c(O)ccc3ccccc23)O[C@@H](CO)[C@@H]1O. The Hall–Kier alpha value is -4.51. The summed E-state index contributed by atoms with van der Waals surface area (Å²) in [5.41, 5.74) is 0.842. The van der Waals surface area contributed by atoms with Crippen LogP contribution >= 0.6 is 0 Å². The first-order valence-electron chi connectivity index (χ1n) is 15.9. The summed E-state index contributed by atoms with van der Waals surface area (Å²) in [4.78, 5) is 20.4. The number of aliphatic hydroxyl groups is 5. The van der Waals surface area contributed by atoms with Gasteiger partial charge in [-0.15, -0.1) is 0 Å². The van der Waals surface area contributed by atoms with Gasteiger partial charge in [0.05, 0.1) is 26.3 Å². The highest BCUT2D eigenvalue weighted by Gasteiger charge is 2.48. The molecule has 7 N–H and O–H groups in total. The Bertz CT molecular complexity index is 1820. The smallest absolute Gasteiger partial charge is 0.303 e. The first kappa shape index (κ1) is 36.8. The molecule has 266 valence electrons. The first-order chi connectivity index (χ1) is 24.1. The molecule has 8 atom stereocenters. The maximum Gasteiger partial charge on any atom is 0.303 e. The van der Waals surface area contributed by atoms with Gasteiger partial charge >= 0.3 is 5.97 Å². The fraction of sp³-hybridized carbons (Fsp3) is 0.361. The third-order valence-electron chi connectivity index (χ3n) is 8.24. The van der Waals surface area contributed by atoms with Crippen molar-refractivity contribution in [3.63, 3.8) is 0 Å². The van der Waals surface area contributed by atoms with E-state index in [1.54, 1.807) is 24.3 Å². The molecule has 1 aliphatic heterocycles. The Morgan fingerprint density at radius 2 is 1.38 bits per heavy atom. The number of esters is 1. The molecular weight excluding hydrogens is 652 g/mol. The largest absolute Gasteiger partial charge is 0.507 e. The normalized spacial score (nSPS) is 23.0. The summed E-state index contributed by atoms with van der Waals surface area (Å²) >= 11 is 0. The number of hydrogen-bond donors (Lipinski definition) is 7. The molecule has 4 aromatic rings. The average molecular weight is 693 g/mol. The average Bonchev–Trinajstić information content (AvgIpc) is 3.11. The van der Waals surface area contributed by atoms with Crippen LogP contribution in [0.25, 0.3) is 21.5 Å². The summed E-state index contributed by atoms with van der Waals surface area (Å²) in [6.45, 7) is -0.926. The second-order valence-corrected chi connectivity index (χ2v) is 11.7. The van der Waals surface area contributed by atoms with Gasteiger partial charge in [0.1, 0.15) is 42.0 Å². The molecule has 1 fully saturated rings. The number of aliphatic imine (C=N–C) groups is 2. The number of carbonyl (C=O) groups excluding carboxylic acids is 1. The van der Waals surface area contributed by atoms with E-state index in [-0.39, 0.29) is 24.6 Å². The maximum absolute atomic E-state index is 11.7. The molecule has 1 saturated heterocycles. The van der Waals surface area contributed by atoms with Crippen molar-refractivity contribution in [1.29, 1.82) is 0 Å². The lowest BCUT2D eigenvalue weighted by atomic mass is 9.99. The zero-order valence-corrected chi connectivity index (χ0v) is 27.1.